The molecule has 84 valence electrons. The van der Waals surface area contributed by atoms with E-state index in [1.165, 1.54) is 0 Å². The fourth-order valence-corrected chi connectivity index (χ4v) is 1.99. The van der Waals surface area contributed by atoms with Crippen LogP contribution in [0.25, 0.3) is 0 Å². The Morgan fingerprint density at radius 1 is 1.14 bits per heavy atom. The minimum Gasteiger partial charge on any atom is -0.435 e. The summed E-state index contributed by atoms with van der Waals surface area (Å²) in [5.74, 6) is -0.0150. The lowest BCUT2D eigenvalue weighted by molar-refractivity contribution is 0.0635. The molecule has 0 atom stereocenters. The van der Waals surface area contributed by atoms with E-state index in [0.29, 0.717) is 6.42 Å². The van der Waals surface area contributed by atoms with Crippen LogP contribution in [0.1, 0.15) is 20.3 Å². The average Bonchev–Trinajstić information content (AvgIpc) is 2.03. The normalized spacial score (nSPS) is 11.0. The van der Waals surface area contributed by atoms with Crippen LogP contribution in [-0.4, -0.2) is 39.3 Å². The maximum atomic E-state index is 11.1. The van der Waals surface area contributed by atoms with Gasteiger partial charge < -0.3 is 9.47 Å². The van der Waals surface area contributed by atoms with E-state index in [9.17, 15) is 13.2 Å². The van der Waals surface area contributed by atoms with Crippen LogP contribution in [0.5, 0.6) is 0 Å². The SMILES string of the molecule is CCCS(=O)(=O)CCOC(=O)OCC. The zero-order chi connectivity index (χ0) is 11.0. The van der Waals surface area contributed by atoms with E-state index in [-0.39, 0.29) is 24.7 Å². The molecule has 0 bridgehead atoms. The van der Waals surface area contributed by atoms with E-state index in [1.54, 1.807) is 13.8 Å². The summed E-state index contributed by atoms with van der Waals surface area (Å²) in [5.41, 5.74) is 0. The third-order valence-electron chi connectivity index (χ3n) is 1.39. The molecule has 0 amide bonds. The Morgan fingerprint density at radius 2 is 1.79 bits per heavy atom. The Morgan fingerprint density at radius 3 is 2.29 bits per heavy atom. The fraction of sp³-hybridized carbons (Fsp3) is 0.875. The molecule has 0 aromatic carbocycles. The van der Waals surface area contributed by atoms with Gasteiger partial charge in [-0.05, 0) is 13.3 Å². The molecule has 0 spiro atoms. The van der Waals surface area contributed by atoms with Crippen LogP contribution in [0.2, 0.25) is 0 Å². The van der Waals surface area contributed by atoms with Crippen LogP contribution >= 0.6 is 0 Å². The van der Waals surface area contributed by atoms with E-state index >= 15 is 0 Å². The van der Waals surface area contributed by atoms with Crippen LogP contribution in [-0.2, 0) is 19.3 Å². The molecule has 0 heterocycles. The Balaban J connectivity index is 3.68. The summed E-state index contributed by atoms with van der Waals surface area (Å²) in [6.45, 7) is 3.51. The molecule has 0 unspecified atom stereocenters. The summed E-state index contributed by atoms with van der Waals surface area (Å²) < 4.78 is 31.3. The van der Waals surface area contributed by atoms with Crippen molar-refractivity contribution in [1.29, 1.82) is 0 Å². The average molecular weight is 224 g/mol. The highest BCUT2D eigenvalue weighted by molar-refractivity contribution is 7.91. The first kappa shape index (κ1) is 13.2. The van der Waals surface area contributed by atoms with Crippen molar-refractivity contribution in [3.8, 4) is 0 Å². The zero-order valence-corrected chi connectivity index (χ0v) is 9.30. The number of ether oxygens (including phenoxy) is 2. The predicted octanol–water partition coefficient (Wildman–Crippen LogP) is 0.984. The number of rotatable bonds is 6. The van der Waals surface area contributed by atoms with E-state index in [4.69, 9.17) is 0 Å². The predicted molar refractivity (Wildman–Crippen MR) is 51.9 cm³/mol. The van der Waals surface area contributed by atoms with Gasteiger partial charge in [-0.1, -0.05) is 6.92 Å². The molecule has 0 saturated carbocycles. The van der Waals surface area contributed by atoms with Crippen molar-refractivity contribution >= 4 is 16.0 Å². The van der Waals surface area contributed by atoms with Crippen LogP contribution in [0.15, 0.2) is 0 Å². The summed E-state index contributed by atoms with van der Waals surface area (Å²) in [6.07, 6.45) is -0.249. The quantitative estimate of drug-likeness (QED) is 0.629. The minimum atomic E-state index is -3.08. The molecule has 0 aliphatic heterocycles. The second-order valence-corrected chi connectivity index (χ2v) is 4.99. The molecule has 6 heteroatoms. The second kappa shape index (κ2) is 6.64. The topological polar surface area (TPSA) is 69.7 Å². The van der Waals surface area contributed by atoms with E-state index in [1.807, 2.05) is 0 Å². The van der Waals surface area contributed by atoms with Gasteiger partial charge in [0, 0.05) is 0 Å². The minimum absolute atomic E-state index is 0.124. The maximum Gasteiger partial charge on any atom is 0.508 e. The Labute approximate surface area is 84.3 Å². The van der Waals surface area contributed by atoms with Gasteiger partial charge in [0.15, 0.2) is 9.84 Å². The molecular formula is C8H16O5S. The van der Waals surface area contributed by atoms with Gasteiger partial charge in [-0.15, -0.1) is 0 Å². The first-order valence-electron chi connectivity index (χ1n) is 4.51. The number of carbonyl (C=O) groups is 1. The molecule has 0 N–H and O–H groups in total. The molecule has 0 aromatic rings. The zero-order valence-electron chi connectivity index (χ0n) is 8.49. The summed E-state index contributed by atoms with van der Waals surface area (Å²) in [6, 6.07) is 0. The largest absolute Gasteiger partial charge is 0.508 e. The summed E-state index contributed by atoms with van der Waals surface area (Å²) in [5, 5.41) is 0. The Hall–Kier alpha value is -0.780. The molecule has 0 aliphatic rings. The molecule has 0 fully saturated rings. The maximum absolute atomic E-state index is 11.1. The van der Waals surface area contributed by atoms with Gasteiger partial charge in [-0.25, -0.2) is 13.2 Å². The first-order valence-corrected chi connectivity index (χ1v) is 6.34. The van der Waals surface area contributed by atoms with Gasteiger partial charge >= 0.3 is 6.16 Å². The van der Waals surface area contributed by atoms with Gasteiger partial charge in [-0.2, -0.15) is 0 Å². The smallest absolute Gasteiger partial charge is 0.435 e. The first-order chi connectivity index (χ1) is 6.52. The van der Waals surface area contributed by atoms with Crippen LogP contribution in [0.3, 0.4) is 0 Å². The van der Waals surface area contributed by atoms with Crippen molar-refractivity contribution in [1.82, 2.24) is 0 Å². The molecule has 0 aliphatic carbocycles. The van der Waals surface area contributed by atoms with E-state index in [2.05, 4.69) is 9.47 Å². The van der Waals surface area contributed by atoms with Gasteiger partial charge in [0.25, 0.3) is 0 Å². The molecule has 14 heavy (non-hydrogen) atoms. The Bertz CT molecular complexity index is 257. The van der Waals surface area contributed by atoms with Crippen LogP contribution in [0.4, 0.5) is 4.79 Å². The van der Waals surface area contributed by atoms with Gasteiger partial charge in [0.1, 0.15) is 6.61 Å². The van der Waals surface area contributed by atoms with Crippen LogP contribution in [0, 0.1) is 0 Å². The van der Waals surface area contributed by atoms with Crippen molar-refractivity contribution in [3.05, 3.63) is 0 Å². The lowest BCUT2D eigenvalue weighted by Gasteiger charge is -2.04. The molecule has 0 aromatic heterocycles. The van der Waals surface area contributed by atoms with Gasteiger partial charge in [0.2, 0.25) is 0 Å². The second-order valence-electron chi connectivity index (χ2n) is 2.68. The lowest BCUT2D eigenvalue weighted by Crippen LogP contribution is -2.18. The highest BCUT2D eigenvalue weighted by Gasteiger charge is 2.11. The van der Waals surface area contributed by atoms with Crippen molar-refractivity contribution < 1.29 is 22.7 Å². The highest BCUT2D eigenvalue weighted by Crippen LogP contribution is 1.94. The lowest BCUT2D eigenvalue weighted by atomic mass is 10.6. The van der Waals surface area contributed by atoms with Gasteiger partial charge in [0.05, 0.1) is 18.1 Å². The molecular weight excluding hydrogens is 208 g/mol. The van der Waals surface area contributed by atoms with E-state index in [0.717, 1.165) is 0 Å². The van der Waals surface area contributed by atoms with Crippen molar-refractivity contribution in [2.45, 2.75) is 20.3 Å². The van der Waals surface area contributed by atoms with Crippen molar-refractivity contribution in [3.63, 3.8) is 0 Å². The summed E-state index contributed by atoms with van der Waals surface area (Å²) in [4.78, 5) is 10.6. The Kier molecular flexibility index (Phi) is 6.27. The number of sulfone groups is 1. The van der Waals surface area contributed by atoms with Crippen LogP contribution < -0.4 is 0 Å². The monoisotopic (exact) mass is 224 g/mol. The van der Waals surface area contributed by atoms with Gasteiger partial charge in [-0.3, -0.25) is 0 Å². The fourth-order valence-electron chi connectivity index (χ4n) is 0.825. The highest BCUT2D eigenvalue weighted by atomic mass is 32.2. The number of hydrogen-bond acceptors (Lipinski definition) is 5. The summed E-state index contributed by atoms with van der Waals surface area (Å²) >= 11 is 0. The van der Waals surface area contributed by atoms with Crippen molar-refractivity contribution in [2.75, 3.05) is 24.7 Å². The molecule has 0 radical (unpaired) electrons. The molecule has 0 rings (SSSR count). The third-order valence-corrected chi connectivity index (χ3v) is 3.21. The number of carbonyl (C=O) groups excluding carboxylic acids is 1. The van der Waals surface area contributed by atoms with E-state index < -0.39 is 16.0 Å². The standard InChI is InChI=1S/C8H16O5S/c1-3-6-14(10,11)7-5-13-8(9)12-4-2/h3-7H2,1-2H3. The molecule has 0 saturated heterocycles. The number of hydrogen-bond donors (Lipinski definition) is 0. The van der Waals surface area contributed by atoms with Crippen molar-refractivity contribution in [2.24, 2.45) is 0 Å². The third kappa shape index (κ3) is 6.71. The summed E-state index contributed by atoms with van der Waals surface area (Å²) in [7, 11) is -3.08. The molecule has 5 nitrogen and oxygen atoms in total.